The molecular weight excluding hydrogens is 434 g/mol. The van der Waals surface area contributed by atoms with Crippen LogP contribution in [0.5, 0.6) is 0 Å². The third-order valence-corrected chi connectivity index (χ3v) is 12.7. The third-order valence-electron chi connectivity index (χ3n) is 12.7. The van der Waals surface area contributed by atoms with Crippen LogP contribution in [0.25, 0.3) is 0 Å². The highest BCUT2D eigenvalue weighted by molar-refractivity contribution is 6.01. The van der Waals surface area contributed by atoms with Crippen LogP contribution in [-0.2, 0) is 14.3 Å². The van der Waals surface area contributed by atoms with Gasteiger partial charge in [-0.05, 0) is 102 Å². The van der Waals surface area contributed by atoms with E-state index in [0.717, 1.165) is 37.7 Å². The predicted octanol–water partition coefficient (Wildman–Crippen LogP) is 6.61. The topological polar surface area (TPSA) is 69.4 Å². The second-order valence-corrected chi connectivity index (χ2v) is 14.8. The molecule has 4 nitrogen and oxygen atoms in total. The molecule has 5 aliphatic rings. The van der Waals surface area contributed by atoms with Crippen LogP contribution in [0, 0.1) is 45.3 Å². The van der Waals surface area contributed by atoms with Crippen molar-refractivity contribution in [2.24, 2.45) is 51.1 Å². The van der Waals surface area contributed by atoms with Crippen LogP contribution >= 0.6 is 0 Å². The third kappa shape index (κ3) is 3.20. The standard InChI is InChI=1S/C31H49NO3/c1-18(2)25-21(34)17-31(32)16-15-29(7)20(26(25)31)9-10-23-28(6)13-12-24(35-19(3)33)27(4,5)22(28)11-14-30(23,29)8/h18,20,22-24H,9-17,32H2,1-8H3. The van der Waals surface area contributed by atoms with Gasteiger partial charge < -0.3 is 10.5 Å². The lowest BCUT2D eigenvalue weighted by molar-refractivity contribution is -0.231. The van der Waals surface area contributed by atoms with Gasteiger partial charge in [-0.3, -0.25) is 9.59 Å². The van der Waals surface area contributed by atoms with E-state index >= 15 is 0 Å². The lowest BCUT2D eigenvalue weighted by Crippen LogP contribution is -2.66. The molecule has 5 rings (SSSR count). The van der Waals surface area contributed by atoms with Gasteiger partial charge in [-0.15, -0.1) is 0 Å². The van der Waals surface area contributed by atoms with E-state index < -0.39 is 5.54 Å². The molecule has 35 heavy (non-hydrogen) atoms. The molecule has 0 amide bonds. The van der Waals surface area contributed by atoms with Crippen LogP contribution in [0.2, 0.25) is 0 Å². The molecule has 4 fully saturated rings. The van der Waals surface area contributed by atoms with E-state index in [4.69, 9.17) is 10.5 Å². The maximum Gasteiger partial charge on any atom is 0.302 e. The zero-order valence-electron chi connectivity index (χ0n) is 23.6. The van der Waals surface area contributed by atoms with E-state index in [1.165, 1.54) is 24.8 Å². The van der Waals surface area contributed by atoms with E-state index in [1.54, 1.807) is 6.92 Å². The average Bonchev–Trinajstić information content (AvgIpc) is 3.01. The summed E-state index contributed by atoms with van der Waals surface area (Å²) in [6, 6.07) is 0. The predicted molar refractivity (Wildman–Crippen MR) is 139 cm³/mol. The van der Waals surface area contributed by atoms with Gasteiger partial charge in [-0.1, -0.05) is 48.5 Å². The molecule has 0 heterocycles. The number of allylic oxidation sites excluding steroid dienone is 1. The molecule has 8 unspecified atom stereocenters. The monoisotopic (exact) mass is 483 g/mol. The fraction of sp³-hybridized carbons (Fsp3) is 0.871. The zero-order valence-corrected chi connectivity index (χ0v) is 23.6. The van der Waals surface area contributed by atoms with Crippen LogP contribution in [0.4, 0.5) is 0 Å². The van der Waals surface area contributed by atoms with Crippen molar-refractivity contribution in [2.75, 3.05) is 0 Å². The molecule has 0 spiro atoms. The number of fused-ring (bicyclic) bond motifs is 7. The summed E-state index contributed by atoms with van der Waals surface area (Å²) in [7, 11) is 0. The van der Waals surface area contributed by atoms with Crippen LogP contribution in [0.15, 0.2) is 11.1 Å². The highest BCUT2D eigenvalue weighted by Gasteiger charge is 2.69. The first-order valence-corrected chi connectivity index (χ1v) is 14.4. The molecule has 0 aliphatic heterocycles. The Bertz CT molecular complexity index is 980. The van der Waals surface area contributed by atoms with Gasteiger partial charge in [0.2, 0.25) is 0 Å². The Hall–Kier alpha value is -1.16. The lowest BCUT2D eigenvalue weighted by Gasteiger charge is -2.72. The SMILES string of the molecule is CC(=O)OC1CCC2(C)C(CCC3(C)C2CCC2C4=C(C(C)C)C(=O)CC4(N)CCC23C)C1(C)C. The summed E-state index contributed by atoms with van der Waals surface area (Å²) >= 11 is 0. The van der Waals surface area contributed by atoms with Crippen molar-refractivity contribution < 1.29 is 14.3 Å². The van der Waals surface area contributed by atoms with Gasteiger partial charge in [-0.2, -0.15) is 0 Å². The van der Waals surface area contributed by atoms with Crippen molar-refractivity contribution in [1.29, 1.82) is 0 Å². The van der Waals surface area contributed by atoms with Gasteiger partial charge in [0.05, 0.1) is 0 Å². The zero-order chi connectivity index (χ0) is 25.8. The molecule has 0 aromatic rings. The highest BCUT2D eigenvalue weighted by Crippen LogP contribution is 2.75. The second-order valence-electron chi connectivity index (χ2n) is 14.8. The minimum absolute atomic E-state index is 0.0120. The molecule has 4 saturated carbocycles. The molecule has 0 bridgehead atoms. The summed E-state index contributed by atoms with van der Waals surface area (Å²) < 4.78 is 5.88. The van der Waals surface area contributed by atoms with Gasteiger partial charge in [-0.25, -0.2) is 0 Å². The minimum atomic E-state index is -0.407. The number of ketones is 1. The lowest BCUT2D eigenvalue weighted by atomic mass is 9.33. The Balaban J connectivity index is 1.55. The summed E-state index contributed by atoms with van der Waals surface area (Å²) in [6.45, 7) is 18.4. The number of Topliss-reactive ketones (excluding diaryl/α,β-unsaturated/α-hetero) is 1. The van der Waals surface area contributed by atoms with E-state index in [2.05, 4.69) is 48.5 Å². The summed E-state index contributed by atoms with van der Waals surface area (Å²) in [5.41, 5.74) is 9.73. The Labute approximate surface area is 213 Å². The number of rotatable bonds is 2. The Morgan fingerprint density at radius 1 is 0.914 bits per heavy atom. The smallest absolute Gasteiger partial charge is 0.302 e. The van der Waals surface area contributed by atoms with E-state index in [0.29, 0.717) is 30.0 Å². The fourth-order valence-corrected chi connectivity index (χ4v) is 11.0. The Kier molecular flexibility index (Phi) is 5.59. The molecular formula is C31H49NO3. The molecule has 196 valence electrons. The van der Waals surface area contributed by atoms with E-state index in [1.807, 2.05) is 0 Å². The minimum Gasteiger partial charge on any atom is -0.462 e. The van der Waals surface area contributed by atoms with Gasteiger partial charge in [0, 0.05) is 24.3 Å². The number of hydrogen-bond acceptors (Lipinski definition) is 4. The Morgan fingerprint density at radius 3 is 2.23 bits per heavy atom. The summed E-state index contributed by atoms with van der Waals surface area (Å²) in [5, 5.41) is 0. The molecule has 0 aromatic heterocycles. The van der Waals surface area contributed by atoms with Crippen molar-refractivity contribution >= 4 is 11.8 Å². The van der Waals surface area contributed by atoms with Crippen molar-refractivity contribution in [3.63, 3.8) is 0 Å². The Morgan fingerprint density at radius 2 is 1.60 bits per heavy atom. The maximum atomic E-state index is 13.2. The van der Waals surface area contributed by atoms with Crippen LogP contribution in [0.1, 0.15) is 113 Å². The summed E-state index contributed by atoms with van der Waals surface area (Å²) in [4.78, 5) is 25.0. The molecule has 4 heteroatoms. The van der Waals surface area contributed by atoms with Gasteiger partial charge >= 0.3 is 5.97 Å². The molecule has 0 saturated heterocycles. The highest BCUT2D eigenvalue weighted by atomic mass is 16.5. The average molecular weight is 484 g/mol. The molecule has 0 radical (unpaired) electrons. The van der Waals surface area contributed by atoms with Crippen molar-refractivity contribution in [2.45, 2.75) is 125 Å². The van der Waals surface area contributed by atoms with Crippen LogP contribution < -0.4 is 5.73 Å². The second kappa shape index (κ2) is 7.68. The number of carbonyl (C=O) groups is 2. The number of hydrogen-bond donors (Lipinski definition) is 1. The molecule has 2 N–H and O–H groups in total. The quantitative estimate of drug-likeness (QED) is 0.449. The van der Waals surface area contributed by atoms with Gasteiger partial charge in [0.25, 0.3) is 0 Å². The number of ether oxygens (including phenoxy) is 1. The number of esters is 1. The van der Waals surface area contributed by atoms with Gasteiger partial charge in [0.15, 0.2) is 5.78 Å². The number of nitrogens with two attached hydrogens (primary N) is 1. The van der Waals surface area contributed by atoms with E-state index in [-0.39, 0.29) is 39.7 Å². The molecule has 8 atom stereocenters. The van der Waals surface area contributed by atoms with Crippen molar-refractivity contribution in [3.05, 3.63) is 11.1 Å². The summed E-state index contributed by atoms with van der Waals surface area (Å²) in [5.74, 6) is 2.06. The summed E-state index contributed by atoms with van der Waals surface area (Å²) in [6.07, 6.45) is 9.51. The first-order chi connectivity index (χ1) is 16.1. The number of carbonyl (C=O) groups excluding carboxylic acids is 2. The fourth-order valence-electron chi connectivity index (χ4n) is 11.0. The van der Waals surface area contributed by atoms with Crippen molar-refractivity contribution in [1.82, 2.24) is 0 Å². The first kappa shape index (κ1) is 25.5. The first-order valence-electron chi connectivity index (χ1n) is 14.4. The largest absolute Gasteiger partial charge is 0.462 e. The molecule has 5 aliphatic carbocycles. The van der Waals surface area contributed by atoms with Gasteiger partial charge in [0.1, 0.15) is 6.10 Å². The van der Waals surface area contributed by atoms with Crippen LogP contribution in [-0.4, -0.2) is 23.4 Å². The van der Waals surface area contributed by atoms with Crippen molar-refractivity contribution in [3.8, 4) is 0 Å². The molecule has 0 aromatic carbocycles. The van der Waals surface area contributed by atoms with E-state index in [9.17, 15) is 9.59 Å². The normalized spacial score (nSPS) is 48.7. The maximum absolute atomic E-state index is 13.2. The van der Waals surface area contributed by atoms with Crippen LogP contribution in [0.3, 0.4) is 0 Å².